The van der Waals surface area contributed by atoms with Gasteiger partial charge in [0, 0.05) is 22.8 Å². The number of fused-ring (bicyclic) bond motifs is 1. The Bertz CT molecular complexity index is 849. The summed E-state index contributed by atoms with van der Waals surface area (Å²) in [5, 5.41) is 3.83. The molecule has 0 bridgehead atoms. The fourth-order valence-corrected chi connectivity index (χ4v) is 2.47. The number of carbonyl (C=O) groups excluding carboxylic acids is 1. The van der Waals surface area contributed by atoms with Gasteiger partial charge in [-0.25, -0.2) is 0 Å². The maximum absolute atomic E-state index is 12.6. The van der Waals surface area contributed by atoms with Crippen molar-refractivity contribution in [3.05, 3.63) is 59.3 Å². The molecule has 4 heteroatoms. The smallest absolute Gasteiger partial charge is 0.257 e. The van der Waals surface area contributed by atoms with Crippen molar-refractivity contribution in [2.75, 3.05) is 12.4 Å². The Balaban J connectivity index is 1.97. The number of nitrogens with one attached hydrogen (secondary N) is 2. The van der Waals surface area contributed by atoms with E-state index in [1.165, 1.54) is 0 Å². The average molecular weight is 294 g/mol. The molecule has 0 unspecified atom stereocenters. The predicted octanol–water partition coefficient (Wildman–Crippen LogP) is 4.05. The van der Waals surface area contributed by atoms with E-state index in [2.05, 4.69) is 10.3 Å². The monoisotopic (exact) mass is 294 g/mol. The number of amides is 1. The van der Waals surface area contributed by atoms with Crippen molar-refractivity contribution >= 4 is 22.5 Å². The molecule has 1 heterocycles. The lowest BCUT2D eigenvalue weighted by Gasteiger charge is -2.09. The fraction of sp³-hybridized carbons (Fsp3) is 0.167. The molecule has 1 aromatic heterocycles. The van der Waals surface area contributed by atoms with Gasteiger partial charge in [0.25, 0.3) is 5.91 Å². The minimum absolute atomic E-state index is 0.131. The number of anilines is 1. The van der Waals surface area contributed by atoms with E-state index < -0.39 is 0 Å². The number of benzene rings is 2. The Morgan fingerprint density at radius 2 is 1.95 bits per heavy atom. The highest BCUT2D eigenvalue weighted by Gasteiger charge is 2.14. The zero-order valence-electron chi connectivity index (χ0n) is 12.9. The third-order valence-electron chi connectivity index (χ3n) is 3.77. The van der Waals surface area contributed by atoms with Gasteiger partial charge in [-0.1, -0.05) is 12.1 Å². The van der Waals surface area contributed by atoms with Gasteiger partial charge in [0.05, 0.1) is 12.7 Å². The molecule has 0 radical (unpaired) electrons. The Hall–Kier alpha value is -2.75. The first-order valence-corrected chi connectivity index (χ1v) is 7.12. The lowest BCUT2D eigenvalue weighted by molar-refractivity contribution is 0.102. The first kappa shape index (κ1) is 14.2. The molecule has 112 valence electrons. The zero-order valence-corrected chi connectivity index (χ0v) is 12.9. The fourth-order valence-electron chi connectivity index (χ4n) is 2.47. The summed E-state index contributed by atoms with van der Waals surface area (Å²) in [6, 6.07) is 11.6. The number of aromatic amines is 1. The van der Waals surface area contributed by atoms with E-state index in [9.17, 15) is 4.79 Å². The van der Waals surface area contributed by atoms with Crippen LogP contribution in [0.15, 0.2) is 42.6 Å². The van der Waals surface area contributed by atoms with Crippen LogP contribution < -0.4 is 10.1 Å². The number of carbonyl (C=O) groups is 1. The van der Waals surface area contributed by atoms with Crippen molar-refractivity contribution in [1.29, 1.82) is 0 Å². The molecule has 4 nitrogen and oxygen atoms in total. The van der Waals surface area contributed by atoms with Crippen LogP contribution in [0, 0.1) is 13.8 Å². The highest BCUT2D eigenvalue weighted by Crippen LogP contribution is 2.25. The molecule has 0 aliphatic rings. The van der Waals surface area contributed by atoms with E-state index in [-0.39, 0.29) is 5.91 Å². The summed E-state index contributed by atoms with van der Waals surface area (Å²) in [7, 11) is 1.61. The maximum atomic E-state index is 12.6. The van der Waals surface area contributed by atoms with Gasteiger partial charge in [-0.3, -0.25) is 4.79 Å². The van der Waals surface area contributed by atoms with Gasteiger partial charge in [0.15, 0.2) is 0 Å². The standard InChI is InChI=1S/C18H18N2O2/c1-11-4-5-12(2)17(8-11)20-18(21)15-10-19-16-7-6-13(22-3)9-14(15)16/h4-10,19H,1-3H3,(H,20,21). The molecular weight excluding hydrogens is 276 g/mol. The molecule has 0 aliphatic carbocycles. The predicted molar refractivity (Wildman–Crippen MR) is 88.7 cm³/mol. The molecule has 0 aliphatic heterocycles. The summed E-state index contributed by atoms with van der Waals surface area (Å²) in [6.07, 6.45) is 1.73. The Kier molecular flexibility index (Phi) is 3.59. The molecule has 0 saturated heterocycles. The molecule has 3 rings (SSSR count). The van der Waals surface area contributed by atoms with Crippen molar-refractivity contribution in [2.24, 2.45) is 0 Å². The van der Waals surface area contributed by atoms with Crippen LogP contribution in [0.25, 0.3) is 10.9 Å². The normalized spacial score (nSPS) is 10.7. The van der Waals surface area contributed by atoms with Gasteiger partial charge in [-0.05, 0) is 49.2 Å². The second kappa shape index (κ2) is 5.56. The molecule has 0 fully saturated rings. The van der Waals surface area contributed by atoms with E-state index in [4.69, 9.17) is 4.74 Å². The minimum atomic E-state index is -0.131. The number of rotatable bonds is 3. The SMILES string of the molecule is COc1ccc2[nH]cc(C(=O)Nc3cc(C)ccc3C)c2c1. The molecule has 0 saturated carbocycles. The number of ether oxygens (including phenoxy) is 1. The van der Waals surface area contributed by atoms with Crippen LogP contribution in [0.2, 0.25) is 0 Å². The van der Waals surface area contributed by atoms with Crippen LogP contribution in [0.1, 0.15) is 21.5 Å². The van der Waals surface area contributed by atoms with Crippen LogP contribution in [0.3, 0.4) is 0 Å². The number of aromatic nitrogens is 1. The van der Waals surface area contributed by atoms with Crippen molar-refractivity contribution in [2.45, 2.75) is 13.8 Å². The van der Waals surface area contributed by atoms with Crippen LogP contribution in [-0.2, 0) is 0 Å². The number of hydrogen-bond donors (Lipinski definition) is 2. The number of hydrogen-bond acceptors (Lipinski definition) is 2. The van der Waals surface area contributed by atoms with E-state index in [1.54, 1.807) is 13.3 Å². The Morgan fingerprint density at radius 1 is 1.14 bits per heavy atom. The van der Waals surface area contributed by atoms with Crippen molar-refractivity contribution < 1.29 is 9.53 Å². The topological polar surface area (TPSA) is 54.1 Å². The quantitative estimate of drug-likeness (QED) is 0.765. The largest absolute Gasteiger partial charge is 0.497 e. The van der Waals surface area contributed by atoms with Crippen LogP contribution in [0.4, 0.5) is 5.69 Å². The molecule has 3 aromatic rings. The minimum Gasteiger partial charge on any atom is -0.497 e. The number of aryl methyl sites for hydroxylation is 2. The lowest BCUT2D eigenvalue weighted by atomic mass is 10.1. The van der Waals surface area contributed by atoms with Crippen molar-refractivity contribution in [1.82, 2.24) is 4.98 Å². The van der Waals surface area contributed by atoms with E-state index in [0.717, 1.165) is 33.5 Å². The molecular formula is C18H18N2O2. The van der Waals surface area contributed by atoms with Crippen molar-refractivity contribution in [3.8, 4) is 5.75 Å². The first-order chi connectivity index (χ1) is 10.6. The van der Waals surface area contributed by atoms with Gasteiger partial charge in [-0.2, -0.15) is 0 Å². The van der Waals surface area contributed by atoms with Crippen LogP contribution in [0.5, 0.6) is 5.75 Å². The van der Waals surface area contributed by atoms with Gasteiger partial charge < -0.3 is 15.0 Å². The third kappa shape index (κ3) is 2.55. The third-order valence-corrected chi connectivity index (χ3v) is 3.77. The number of methoxy groups -OCH3 is 1. The molecule has 2 aromatic carbocycles. The van der Waals surface area contributed by atoms with Crippen LogP contribution >= 0.6 is 0 Å². The van der Waals surface area contributed by atoms with Crippen LogP contribution in [-0.4, -0.2) is 18.0 Å². The summed E-state index contributed by atoms with van der Waals surface area (Å²) in [5.41, 5.74) is 4.50. The summed E-state index contributed by atoms with van der Waals surface area (Å²) in [5.74, 6) is 0.598. The summed E-state index contributed by atoms with van der Waals surface area (Å²) < 4.78 is 5.23. The maximum Gasteiger partial charge on any atom is 0.257 e. The van der Waals surface area contributed by atoms with Gasteiger partial charge >= 0.3 is 0 Å². The first-order valence-electron chi connectivity index (χ1n) is 7.12. The average Bonchev–Trinajstić information content (AvgIpc) is 2.93. The second-order valence-corrected chi connectivity index (χ2v) is 5.39. The summed E-state index contributed by atoms with van der Waals surface area (Å²) >= 11 is 0. The lowest BCUT2D eigenvalue weighted by Crippen LogP contribution is -2.12. The Morgan fingerprint density at radius 3 is 2.73 bits per heavy atom. The van der Waals surface area contributed by atoms with Gasteiger partial charge in [0.2, 0.25) is 0 Å². The zero-order chi connectivity index (χ0) is 15.7. The summed E-state index contributed by atoms with van der Waals surface area (Å²) in [6.45, 7) is 3.99. The molecule has 0 spiro atoms. The van der Waals surface area contributed by atoms with Gasteiger partial charge in [-0.15, -0.1) is 0 Å². The van der Waals surface area contributed by atoms with E-state index in [0.29, 0.717) is 5.56 Å². The molecule has 0 atom stereocenters. The molecule has 22 heavy (non-hydrogen) atoms. The summed E-state index contributed by atoms with van der Waals surface area (Å²) in [4.78, 5) is 15.7. The second-order valence-electron chi connectivity index (χ2n) is 5.39. The van der Waals surface area contributed by atoms with Crippen molar-refractivity contribution in [3.63, 3.8) is 0 Å². The Labute approximate surface area is 129 Å². The highest BCUT2D eigenvalue weighted by molar-refractivity contribution is 6.13. The van der Waals surface area contributed by atoms with E-state index in [1.807, 2.05) is 50.2 Å². The molecule has 1 amide bonds. The van der Waals surface area contributed by atoms with E-state index >= 15 is 0 Å². The molecule has 2 N–H and O–H groups in total. The highest BCUT2D eigenvalue weighted by atomic mass is 16.5. The number of H-pyrrole nitrogens is 1. The van der Waals surface area contributed by atoms with Gasteiger partial charge in [0.1, 0.15) is 5.75 Å².